The third-order valence-corrected chi connectivity index (χ3v) is 12.3. The monoisotopic (exact) mass is 806 g/mol. The molecule has 1 amide bonds. The number of hydrogen-bond acceptors (Lipinski definition) is 4. The van der Waals surface area contributed by atoms with Crippen molar-refractivity contribution >= 4 is 5.91 Å². The predicted octanol–water partition coefficient (Wildman–Crippen LogP) is 15.6. The smallest absolute Gasteiger partial charge is 0.222 e. The van der Waals surface area contributed by atoms with Gasteiger partial charge in [-0.25, -0.2) is 0 Å². The number of carbonyl (C=O) groups excluding carboxylic acids is 1. The number of amides is 1. The Kier molecular flexibility index (Phi) is 47.0. The SMILES string of the molecule is CCCCCCCCCCCCCCCCC/C=C/C(O)C(CO)NC(=O)CC(O)CCCCCCCCCCCCCCCCCCCCCCCCCCC. The lowest BCUT2D eigenvalue weighted by Crippen LogP contribution is -2.45. The zero-order chi connectivity index (χ0) is 41.5. The summed E-state index contributed by atoms with van der Waals surface area (Å²) in [6.07, 6.45) is 58.1. The number of aliphatic hydroxyl groups excluding tert-OH is 3. The third-order valence-electron chi connectivity index (χ3n) is 12.3. The van der Waals surface area contributed by atoms with Gasteiger partial charge in [0.2, 0.25) is 5.91 Å². The first-order valence-electron chi connectivity index (χ1n) is 26.0. The highest BCUT2D eigenvalue weighted by atomic mass is 16.3. The predicted molar refractivity (Wildman–Crippen MR) is 250 cm³/mol. The van der Waals surface area contributed by atoms with E-state index in [2.05, 4.69) is 19.2 Å². The Hall–Kier alpha value is -0.910. The average molecular weight is 806 g/mol. The molecule has 0 aromatic carbocycles. The number of carbonyl (C=O) groups is 1. The van der Waals surface area contributed by atoms with Crippen LogP contribution >= 0.6 is 0 Å². The lowest BCUT2D eigenvalue weighted by atomic mass is 10.0. The minimum atomic E-state index is -0.925. The van der Waals surface area contributed by atoms with Crippen LogP contribution in [0.2, 0.25) is 0 Å². The molecule has 57 heavy (non-hydrogen) atoms. The molecule has 0 aliphatic carbocycles. The second-order valence-corrected chi connectivity index (χ2v) is 18.1. The van der Waals surface area contributed by atoms with Gasteiger partial charge in [0.25, 0.3) is 0 Å². The van der Waals surface area contributed by atoms with Crippen LogP contribution < -0.4 is 5.32 Å². The molecule has 0 rings (SSSR count). The fourth-order valence-corrected chi connectivity index (χ4v) is 8.34. The van der Waals surface area contributed by atoms with Crippen molar-refractivity contribution < 1.29 is 20.1 Å². The van der Waals surface area contributed by atoms with Crippen molar-refractivity contribution in [1.82, 2.24) is 5.32 Å². The van der Waals surface area contributed by atoms with E-state index in [4.69, 9.17) is 0 Å². The van der Waals surface area contributed by atoms with Crippen LogP contribution in [0, 0.1) is 0 Å². The topological polar surface area (TPSA) is 89.8 Å². The van der Waals surface area contributed by atoms with Gasteiger partial charge in [-0.3, -0.25) is 4.79 Å². The molecule has 0 fully saturated rings. The molecule has 0 aliphatic heterocycles. The Morgan fingerprint density at radius 3 is 1.02 bits per heavy atom. The summed E-state index contributed by atoms with van der Waals surface area (Å²) in [5.74, 6) is -0.309. The van der Waals surface area contributed by atoms with Gasteiger partial charge < -0.3 is 20.6 Å². The average Bonchev–Trinajstić information content (AvgIpc) is 3.20. The largest absolute Gasteiger partial charge is 0.394 e. The maximum absolute atomic E-state index is 12.5. The van der Waals surface area contributed by atoms with Gasteiger partial charge in [-0.05, 0) is 19.3 Å². The van der Waals surface area contributed by atoms with Crippen LogP contribution in [-0.2, 0) is 4.79 Å². The maximum Gasteiger partial charge on any atom is 0.222 e. The maximum atomic E-state index is 12.5. The van der Waals surface area contributed by atoms with Gasteiger partial charge >= 0.3 is 0 Å². The summed E-state index contributed by atoms with van der Waals surface area (Å²) in [7, 11) is 0. The number of nitrogens with one attached hydrogen (secondary N) is 1. The second kappa shape index (κ2) is 47.8. The van der Waals surface area contributed by atoms with Gasteiger partial charge in [0.15, 0.2) is 0 Å². The first-order valence-corrected chi connectivity index (χ1v) is 26.0. The molecule has 0 spiro atoms. The summed E-state index contributed by atoms with van der Waals surface area (Å²) in [5, 5.41) is 33.4. The van der Waals surface area contributed by atoms with E-state index in [9.17, 15) is 20.1 Å². The van der Waals surface area contributed by atoms with Crippen molar-refractivity contribution in [2.75, 3.05) is 6.61 Å². The molecular formula is C52H103NO4. The second-order valence-electron chi connectivity index (χ2n) is 18.1. The molecule has 0 aromatic rings. The molecule has 5 nitrogen and oxygen atoms in total. The normalized spacial score (nSPS) is 13.4. The number of hydrogen-bond donors (Lipinski definition) is 4. The molecule has 0 aromatic heterocycles. The summed E-state index contributed by atoms with van der Waals surface area (Å²) in [4.78, 5) is 12.5. The Labute approximate surface area is 357 Å². The Morgan fingerprint density at radius 1 is 0.439 bits per heavy atom. The van der Waals surface area contributed by atoms with Crippen molar-refractivity contribution in [3.05, 3.63) is 12.2 Å². The zero-order valence-corrected chi connectivity index (χ0v) is 38.7. The molecule has 3 atom stereocenters. The van der Waals surface area contributed by atoms with Gasteiger partial charge in [0.1, 0.15) is 0 Å². The number of unbranched alkanes of at least 4 members (excludes halogenated alkanes) is 39. The molecule has 0 bridgehead atoms. The minimum absolute atomic E-state index is 0.0193. The van der Waals surface area contributed by atoms with Crippen LogP contribution in [0.5, 0.6) is 0 Å². The standard InChI is InChI=1S/C52H103NO4/c1-3-5-7-9-11-13-15-17-19-21-22-23-24-25-26-27-28-30-31-33-35-37-39-41-43-45-49(55)47-52(57)53-50(48-54)51(56)46-44-42-40-38-36-34-32-29-20-18-16-14-12-10-8-6-4-2/h44,46,49-51,54-56H,3-43,45,47-48H2,1-2H3,(H,53,57)/b46-44+. The van der Waals surface area contributed by atoms with E-state index in [0.29, 0.717) is 6.42 Å². The Balaban J connectivity index is 3.54. The molecule has 0 radical (unpaired) electrons. The molecule has 5 heteroatoms. The summed E-state index contributed by atoms with van der Waals surface area (Å²) in [6.45, 7) is 4.25. The molecule has 340 valence electrons. The van der Waals surface area contributed by atoms with Crippen molar-refractivity contribution in [1.29, 1.82) is 0 Å². The molecule has 0 saturated carbocycles. The molecule has 0 heterocycles. The quantitative estimate of drug-likeness (QED) is 0.0364. The van der Waals surface area contributed by atoms with Gasteiger partial charge in [-0.1, -0.05) is 276 Å². The van der Waals surface area contributed by atoms with Crippen molar-refractivity contribution in [2.24, 2.45) is 0 Å². The Bertz CT molecular complexity index is 803. The lowest BCUT2D eigenvalue weighted by molar-refractivity contribution is -0.124. The van der Waals surface area contributed by atoms with Crippen LogP contribution in [-0.4, -0.2) is 46.1 Å². The van der Waals surface area contributed by atoms with E-state index < -0.39 is 18.2 Å². The van der Waals surface area contributed by atoms with Gasteiger partial charge in [-0.15, -0.1) is 0 Å². The minimum Gasteiger partial charge on any atom is -0.394 e. The number of aliphatic hydroxyl groups is 3. The number of rotatable bonds is 48. The molecule has 4 N–H and O–H groups in total. The summed E-state index contributed by atoms with van der Waals surface area (Å²) in [6, 6.07) is -0.740. The van der Waals surface area contributed by atoms with Crippen molar-refractivity contribution in [3.63, 3.8) is 0 Å². The van der Waals surface area contributed by atoms with Crippen LogP contribution in [0.3, 0.4) is 0 Å². The molecule has 0 aliphatic rings. The fourth-order valence-electron chi connectivity index (χ4n) is 8.34. The zero-order valence-electron chi connectivity index (χ0n) is 38.7. The molecule has 3 unspecified atom stereocenters. The van der Waals surface area contributed by atoms with Crippen molar-refractivity contribution in [3.8, 4) is 0 Å². The van der Waals surface area contributed by atoms with E-state index in [1.807, 2.05) is 6.08 Å². The number of allylic oxidation sites excluding steroid dienone is 1. The van der Waals surface area contributed by atoms with Gasteiger partial charge in [-0.2, -0.15) is 0 Å². The summed E-state index contributed by atoms with van der Waals surface area (Å²) in [5.41, 5.74) is 0. The van der Waals surface area contributed by atoms with Gasteiger partial charge in [0, 0.05) is 0 Å². The van der Waals surface area contributed by atoms with Gasteiger partial charge in [0.05, 0.1) is 31.3 Å². The highest BCUT2D eigenvalue weighted by Crippen LogP contribution is 2.17. The van der Waals surface area contributed by atoms with Crippen LogP contribution in [0.25, 0.3) is 0 Å². The van der Waals surface area contributed by atoms with E-state index in [-0.39, 0.29) is 18.9 Å². The lowest BCUT2D eigenvalue weighted by Gasteiger charge is -2.21. The Morgan fingerprint density at radius 2 is 0.719 bits per heavy atom. The van der Waals surface area contributed by atoms with E-state index >= 15 is 0 Å². The summed E-state index contributed by atoms with van der Waals surface area (Å²) < 4.78 is 0. The summed E-state index contributed by atoms with van der Waals surface area (Å²) >= 11 is 0. The van der Waals surface area contributed by atoms with Crippen molar-refractivity contribution in [2.45, 2.75) is 308 Å². The first-order chi connectivity index (χ1) is 28.0. The van der Waals surface area contributed by atoms with E-state index in [1.165, 1.54) is 238 Å². The third kappa shape index (κ3) is 44.5. The first kappa shape index (κ1) is 56.1. The fraction of sp³-hybridized carbons (Fsp3) is 0.942. The highest BCUT2D eigenvalue weighted by molar-refractivity contribution is 5.76. The van der Waals surface area contributed by atoms with Crippen LogP contribution in [0.4, 0.5) is 0 Å². The van der Waals surface area contributed by atoms with Crippen LogP contribution in [0.1, 0.15) is 290 Å². The van der Waals surface area contributed by atoms with E-state index in [1.54, 1.807) is 6.08 Å². The van der Waals surface area contributed by atoms with Crippen LogP contribution in [0.15, 0.2) is 12.2 Å². The molecule has 0 saturated heterocycles. The highest BCUT2D eigenvalue weighted by Gasteiger charge is 2.20. The molecular weight excluding hydrogens is 703 g/mol. The van der Waals surface area contributed by atoms with E-state index in [0.717, 1.165) is 25.7 Å².